The Hall–Kier alpha value is -5.05. The zero-order chi connectivity index (χ0) is 33.6. The molecule has 2 bridgehead atoms. The number of imide groups is 1. The first-order valence-corrected chi connectivity index (χ1v) is 16.1. The Kier molecular flexibility index (Phi) is 6.95. The molecule has 11 nitrogen and oxygen atoms in total. The van der Waals surface area contributed by atoms with Gasteiger partial charge in [-0.3, -0.25) is 24.3 Å². The van der Waals surface area contributed by atoms with Crippen LogP contribution in [-0.4, -0.2) is 83.8 Å². The molecular weight excluding hydrogens is 612 g/mol. The van der Waals surface area contributed by atoms with Crippen LogP contribution in [0.3, 0.4) is 0 Å². The van der Waals surface area contributed by atoms with Crippen molar-refractivity contribution in [2.45, 2.75) is 56.9 Å². The van der Waals surface area contributed by atoms with E-state index in [1.165, 1.54) is 4.90 Å². The number of rotatable bonds is 6. The molecule has 1 N–H and O–H groups in total. The molecule has 0 spiro atoms. The minimum atomic E-state index is -0.650. The molecule has 1 saturated heterocycles. The Bertz CT molecular complexity index is 1930. The van der Waals surface area contributed by atoms with Crippen molar-refractivity contribution in [3.63, 3.8) is 0 Å². The molecule has 5 aliphatic heterocycles. The number of nitriles is 1. The summed E-state index contributed by atoms with van der Waals surface area (Å²) >= 11 is 0. The molecule has 1 fully saturated rings. The number of phenols is 1. The van der Waals surface area contributed by atoms with Crippen molar-refractivity contribution in [1.29, 1.82) is 5.26 Å². The van der Waals surface area contributed by atoms with Crippen molar-refractivity contribution in [3.05, 3.63) is 87.5 Å². The number of likely N-dealkylation sites (N-methyl/N-ethyl adjacent to an activating group) is 1. The first-order valence-electron chi connectivity index (χ1n) is 16.1. The third-order valence-electron chi connectivity index (χ3n) is 10.8. The highest BCUT2D eigenvalue weighted by atomic mass is 16.7. The Morgan fingerprint density at radius 1 is 1.06 bits per heavy atom. The number of aromatic hydroxyl groups is 1. The molecule has 5 aliphatic rings. The molecular formula is C37H36N4O7. The van der Waals surface area contributed by atoms with E-state index in [-0.39, 0.29) is 55.6 Å². The summed E-state index contributed by atoms with van der Waals surface area (Å²) in [7, 11) is 3.55. The molecule has 0 radical (unpaired) electrons. The van der Waals surface area contributed by atoms with Crippen LogP contribution in [0, 0.1) is 25.2 Å². The number of fused-ring (bicyclic) bond motifs is 10. The maximum atomic E-state index is 13.8. The second-order valence-electron chi connectivity index (χ2n) is 13.1. The maximum Gasteiger partial charge on any atom is 0.261 e. The summed E-state index contributed by atoms with van der Waals surface area (Å²) < 4.78 is 24.2. The number of phenolic OH excluding ortho intramolecular Hbond substituents is 1. The molecule has 48 heavy (non-hydrogen) atoms. The Morgan fingerprint density at radius 2 is 1.77 bits per heavy atom. The van der Waals surface area contributed by atoms with Crippen LogP contribution in [0.5, 0.6) is 28.7 Å². The smallest absolute Gasteiger partial charge is 0.261 e. The van der Waals surface area contributed by atoms with E-state index in [0.29, 0.717) is 47.0 Å². The number of hydrogen-bond donors (Lipinski definition) is 1. The molecule has 0 saturated carbocycles. The molecule has 5 heterocycles. The molecule has 0 aliphatic carbocycles. The van der Waals surface area contributed by atoms with E-state index in [4.69, 9.17) is 18.9 Å². The standard InChI is InChI=1S/C37H36N4O7/c1-6-11-46-33-19(3)34-35(48-17-47-34)29-23(33)14-25-30-28-20(12-18(2)32(45-5)31(28)42)13-24(39(30)4)26(15-38)41(25)27(29)16-40-36(43)21-9-7-8-10-22(21)37(40)44/h6-10,12,24-27,30,42H,1,11,13-14,16-17H2,2-5H3/t24-,25?,26-,27-,30-/m0/s1. The summed E-state index contributed by atoms with van der Waals surface area (Å²) in [5, 5.41) is 22.7. The van der Waals surface area contributed by atoms with Crippen molar-refractivity contribution in [3.8, 4) is 34.8 Å². The van der Waals surface area contributed by atoms with Crippen LogP contribution in [0.25, 0.3) is 0 Å². The number of carbonyl (C=O) groups excluding carboxylic acids is 2. The minimum absolute atomic E-state index is 0.00670. The summed E-state index contributed by atoms with van der Waals surface area (Å²) in [6.07, 6.45) is 2.64. The van der Waals surface area contributed by atoms with Gasteiger partial charge in [-0.1, -0.05) is 30.9 Å². The van der Waals surface area contributed by atoms with Gasteiger partial charge in [0.2, 0.25) is 6.79 Å². The van der Waals surface area contributed by atoms with Gasteiger partial charge < -0.3 is 24.1 Å². The van der Waals surface area contributed by atoms with Crippen LogP contribution >= 0.6 is 0 Å². The largest absolute Gasteiger partial charge is 0.504 e. The van der Waals surface area contributed by atoms with Crippen LogP contribution in [0.1, 0.15) is 66.2 Å². The summed E-state index contributed by atoms with van der Waals surface area (Å²) in [6.45, 7) is 7.92. The van der Waals surface area contributed by atoms with E-state index in [1.54, 1.807) is 37.5 Å². The SMILES string of the molecule is C=CCOc1c(C)c2c(c3c1CC1[C@H]4c5c(cc(C)c(OC)c5O)C[C@@H]([C@H](C#N)N1[C@H]3CN1C(=O)c3ccccc3C1=O)N4C)OCO2. The summed E-state index contributed by atoms with van der Waals surface area (Å²) in [5.41, 5.74) is 5.65. The van der Waals surface area contributed by atoms with Crippen molar-refractivity contribution in [2.75, 3.05) is 34.1 Å². The number of ether oxygens (including phenoxy) is 4. The number of nitrogens with zero attached hydrogens (tertiary/aromatic N) is 4. The first-order chi connectivity index (χ1) is 23.2. The highest BCUT2D eigenvalue weighted by Gasteiger charge is 2.57. The van der Waals surface area contributed by atoms with Crippen molar-refractivity contribution < 1.29 is 33.6 Å². The fourth-order valence-corrected chi connectivity index (χ4v) is 8.92. The lowest BCUT2D eigenvalue weighted by molar-refractivity contribution is -0.0758. The number of carbonyl (C=O) groups is 2. The number of amides is 2. The lowest BCUT2D eigenvalue weighted by Gasteiger charge is -2.60. The number of benzene rings is 3. The van der Waals surface area contributed by atoms with Gasteiger partial charge in [0.15, 0.2) is 23.0 Å². The van der Waals surface area contributed by atoms with E-state index in [2.05, 4.69) is 28.5 Å². The van der Waals surface area contributed by atoms with Gasteiger partial charge in [0, 0.05) is 40.9 Å². The molecule has 8 rings (SSSR count). The first kappa shape index (κ1) is 30.3. The zero-order valence-corrected chi connectivity index (χ0v) is 27.3. The van der Waals surface area contributed by atoms with Crippen molar-refractivity contribution in [2.24, 2.45) is 0 Å². The number of piperazine rings is 1. The topological polar surface area (TPSA) is 125 Å². The van der Waals surface area contributed by atoms with Gasteiger partial charge in [0.25, 0.3) is 11.8 Å². The maximum absolute atomic E-state index is 13.8. The second-order valence-corrected chi connectivity index (χ2v) is 13.1. The molecule has 3 aromatic carbocycles. The predicted molar refractivity (Wildman–Crippen MR) is 174 cm³/mol. The van der Waals surface area contributed by atoms with Gasteiger partial charge in [-0.05, 0) is 57.0 Å². The number of methoxy groups -OCH3 is 1. The third-order valence-corrected chi connectivity index (χ3v) is 10.8. The summed E-state index contributed by atoms with van der Waals surface area (Å²) in [6, 6.07) is 9.26. The molecule has 3 aromatic rings. The van der Waals surface area contributed by atoms with Gasteiger partial charge in [-0.25, -0.2) is 0 Å². The monoisotopic (exact) mass is 648 g/mol. The van der Waals surface area contributed by atoms with Crippen LogP contribution < -0.4 is 18.9 Å². The van der Waals surface area contributed by atoms with E-state index < -0.39 is 12.1 Å². The third kappa shape index (κ3) is 3.99. The van der Waals surface area contributed by atoms with Crippen LogP contribution in [0.2, 0.25) is 0 Å². The minimum Gasteiger partial charge on any atom is -0.504 e. The van der Waals surface area contributed by atoms with E-state index in [1.807, 2.05) is 20.9 Å². The number of aryl methyl sites for hydroxylation is 1. The van der Waals surface area contributed by atoms with Crippen molar-refractivity contribution in [1.82, 2.24) is 14.7 Å². The van der Waals surface area contributed by atoms with Crippen LogP contribution in [-0.2, 0) is 12.8 Å². The van der Waals surface area contributed by atoms with E-state index in [0.717, 1.165) is 33.4 Å². The fraction of sp³-hybridized carbons (Fsp3) is 0.378. The molecule has 11 heteroatoms. The normalized spacial score (nSPS) is 25.1. The molecule has 246 valence electrons. The van der Waals surface area contributed by atoms with Crippen LogP contribution in [0.4, 0.5) is 0 Å². The van der Waals surface area contributed by atoms with Crippen molar-refractivity contribution >= 4 is 11.8 Å². The average molecular weight is 649 g/mol. The van der Waals surface area contributed by atoms with Gasteiger partial charge >= 0.3 is 0 Å². The Labute approximate surface area is 278 Å². The highest BCUT2D eigenvalue weighted by molar-refractivity contribution is 6.21. The van der Waals surface area contributed by atoms with Crippen LogP contribution in [0.15, 0.2) is 43.0 Å². The van der Waals surface area contributed by atoms with E-state index in [9.17, 15) is 20.0 Å². The Morgan fingerprint density at radius 3 is 2.44 bits per heavy atom. The number of hydrogen-bond acceptors (Lipinski definition) is 10. The van der Waals surface area contributed by atoms with Gasteiger partial charge in [-0.2, -0.15) is 5.26 Å². The molecule has 0 aromatic heterocycles. The molecule has 2 amide bonds. The lowest BCUT2D eigenvalue weighted by Crippen LogP contribution is -2.68. The fourth-order valence-electron chi connectivity index (χ4n) is 8.92. The summed E-state index contributed by atoms with van der Waals surface area (Å²) in [4.78, 5) is 33.3. The van der Waals surface area contributed by atoms with Gasteiger partial charge in [-0.15, -0.1) is 0 Å². The Balaban J connectivity index is 1.37. The van der Waals surface area contributed by atoms with E-state index >= 15 is 0 Å². The highest BCUT2D eigenvalue weighted by Crippen LogP contribution is 2.58. The lowest BCUT2D eigenvalue weighted by atomic mass is 9.71. The van der Waals surface area contributed by atoms with Gasteiger partial charge in [0.05, 0.1) is 36.4 Å². The molecule has 1 unspecified atom stereocenters. The average Bonchev–Trinajstić information content (AvgIpc) is 3.65. The quantitative estimate of drug-likeness (QED) is 0.304. The zero-order valence-electron chi connectivity index (χ0n) is 27.3. The second kappa shape index (κ2) is 11.0. The molecule has 5 atom stereocenters. The van der Waals surface area contributed by atoms with Gasteiger partial charge in [0.1, 0.15) is 18.4 Å². The summed E-state index contributed by atoms with van der Waals surface area (Å²) in [5.74, 6) is 1.46. The predicted octanol–water partition coefficient (Wildman–Crippen LogP) is 4.38.